The van der Waals surface area contributed by atoms with Crippen molar-refractivity contribution in [1.82, 2.24) is 20.3 Å². The molecule has 2 aromatic heterocycles. The number of nitrogens with zero attached hydrogens (tertiary/aromatic N) is 3. The SMILES string of the molecule is Cc1cc2nnn(CC(=O)NCc3ccco3)c2cc1C. The molecule has 0 unspecified atom stereocenters. The molecule has 0 saturated carbocycles. The van der Waals surface area contributed by atoms with E-state index in [0.717, 1.165) is 27.9 Å². The average Bonchev–Trinajstić information content (AvgIpc) is 3.09. The summed E-state index contributed by atoms with van der Waals surface area (Å²) in [6.07, 6.45) is 1.58. The van der Waals surface area contributed by atoms with Gasteiger partial charge in [0.1, 0.15) is 17.8 Å². The zero-order valence-corrected chi connectivity index (χ0v) is 12.0. The number of nitrogens with one attached hydrogen (secondary N) is 1. The zero-order chi connectivity index (χ0) is 14.8. The topological polar surface area (TPSA) is 73.0 Å². The van der Waals surface area contributed by atoms with Crippen molar-refractivity contribution in [2.45, 2.75) is 26.9 Å². The Morgan fingerprint density at radius 3 is 2.90 bits per heavy atom. The van der Waals surface area contributed by atoms with Crippen LogP contribution < -0.4 is 5.32 Å². The first-order chi connectivity index (χ1) is 10.1. The van der Waals surface area contributed by atoms with Crippen LogP contribution in [0.25, 0.3) is 11.0 Å². The molecule has 6 heteroatoms. The van der Waals surface area contributed by atoms with E-state index in [1.165, 1.54) is 0 Å². The van der Waals surface area contributed by atoms with Crippen molar-refractivity contribution >= 4 is 16.9 Å². The summed E-state index contributed by atoms with van der Waals surface area (Å²) in [4.78, 5) is 12.0. The number of aryl methyl sites for hydroxylation is 2. The zero-order valence-electron chi connectivity index (χ0n) is 12.0. The van der Waals surface area contributed by atoms with Gasteiger partial charge in [-0.05, 0) is 49.2 Å². The number of hydrogen-bond acceptors (Lipinski definition) is 4. The Morgan fingerprint density at radius 1 is 1.33 bits per heavy atom. The van der Waals surface area contributed by atoms with Crippen LogP contribution >= 0.6 is 0 Å². The molecule has 0 fully saturated rings. The number of rotatable bonds is 4. The predicted molar refractivity (Wildman–Crippen MR) is 77.6 cm³/mol. The van der Waals surface area contributed by atoms with Crippen LogP contribution in [-0.2, 0) is 17.9 Å². The van der Waals surface area contributed by atoms with E-state index in [-0.39, 0.29) is 12.5 Å². The van der Waals surface area contributed by atoms with Crippen molar-refractivity contribution in [3.63, 3.8) is 0 Å². The smallest absolute Gasteiger partial charge is 0.242 e. The summed E-state index contributed by atoms with van der Waals surface area (Å²) in [5, 5.41) is 10.9. The minimum Gasteiger partial charge on any atom is -0.467 e. The molecule has 3 aromatic rings. The number of fused-ring (bicyclic) bond motifs is 1. The standard InChI is InChI=1S/C15H16N4O2/c1-10-6-13-14(7-11(10)2)19(18-17-13)9-15(20)16-8-12-4-3-5-21-12/h3-7H,8-9H2,1-2H3,(H,16,20). The third kappa shape index (κ3) is 2.79. The molecule has 0 aliphatic carbocycles. The summed E-state index contributed by atoms with van der Waals surface area (Å²) in [7, 11) is 0. The molecule has 1 N–H and O–H groups in total. The van der Waals surface area contributed by atoms with Gasteiger partial charge in [-0.15, -0.1) is 5.10 Å². The number of amides is 1. The summed E-state index contributed by atoms with van der Waals surface area (Å²) in [5.41, 5.74) is 3.99. The van der Waals surface area contributed by atoms with Crippen molar-refractivity contribution < 1.29 is 9.21 Å². The third-order valence-electron chi connectivity index (χ3n) is 3.46. The van der Waals surface area contributed by atoms with Crippen molar-refractivity contribution in [3.8, 4) is 0 Å². The molecular weight excluding hydrogens is 268 g/mol. The van der Waals surface area contributed by atoms with Gasteiger partial charge in [-0.25, -0.2) is 4.68 Å². The lowest BCUT2D eigenvalue weighted by Gasteiger charge is -2.05. The molecule has 2 heterocycles. The van der Waals surface area contributed by atoms with Gasteiger partial charge < -0.3 is 9.73 Å². The van der Waals surface area contributed by atoms with E-state index in [0.29, 0.717) is 6.54 Å². The Balaban J connectivity index is 1.72. The highest BCUT2D eigenvalue weighted by atomic mass is 16.3. The van der Waals surface area contributed by atoms with Gasteiger partial charge in [0.05, 0.1) is 18.3 Å². The van der Waals surface area contributed by atoms with E-state index >= 15 is 0 Å². The average molecular weight is 284 g/mol. The lowest BCUT2D eigenvalue weighted by molar-refractivity contribution is -0.122. The molecule has 0 atom stereocenters. The van der Waals surface area contributed by atoms with Gasteiger partial charge in [0.2, 0.25) is 5.91 Å². The Morgan fingerprint density at radius 2 is 2.14 bits per heavy atom. The predicted octanol–water partition coefficient (Wildman–Crippen LogP) is 1.96. The van der Waals surface area contributed by atoms with Gasteiger partial charge in [0.25, 0.3) is 0 Å². The van der Waals surface area contributed by atoms with Crippen molar-refractivity contribution in [3.05, 3.63) is 47.4 Å². The van der Waals surface area contributed by atoms with E-state index in [9.17, 15) is 4.79 Å². The Kier molecular flexibility index (Phi) is 3.43. The first kappa shape index (κ1) is 13.4. The Labute approximate surface area is 121 Å². The van der Waals surface area contributed by atoms with Crippen molar-refractivity contribution in [2.24, 2.45) is 0 Å². The molecule has 3 rings (SSSR count). The van der Waals surface area contributed by atoms with Gasteiger partial charge >= 0.3 is 0 Å². The lowest BCUT2D eigenvalue weighted by atomic mass is 10.1. The van der Waals surface area contributed by atoms with Crippen LogP contribution in [-0.4, -0.2) is 20.9 Å². The maximum atomic E-state index is 12.0. The molecule has 21 heavy (non-hydrogen) atoms. The van der Waals surface area contributed by atoms with Crippen molar-refractivity contribution in [2.75, 3.05) is 0 Å². The van der Waals surface area contributed by atoms with E-state index in [2.05, 4.69) is 15.6 Å². The maximum absolute atomic E-state index is 12.0. The summed E-state index contributed by atoms with van der Waals surface area (Å²) in [5.74, 6) is 0.592. The quantitative estimate of drug-likeness (QED) is 0.795. The van der Waals surface area contributed by atoms with Crippen LogP contribution in [0, 0.1) is 13.8 Å². The minimum absolute atomic E-state index is 0.128. The molecule has 0 spiro atoms. The third-order valence-corrected chi connectivity index (χ3v) is 3.46. The highest BCUT2D eigenvalue weighted by Crippen LogP contribution is 2.16. The number of furan rings is 1. The molecule has 0 radical (unpaired) electrons. The van der Waals surface area contributed by atoms with Crippen LogP contribution in [0.2, 0.25) is 0 Å². The summed E-state index contributed by atoms with van der Waals surface area (Å²) in [6, 6.07) is 7.59. The van der Waals surface area contributed by atoms with Gasteiger partial charge in [0, 0.05) is 0 Å². The molecular formula is C15H16N4O2. The van der Waals surface area contributed by atoms with E-state index in [4.69, 9.17) is 4.42 Å². The molecule has 0 aliphatic rings. The maximum Gasteiger partial charge on any atom is 0.242 e. The molecule has 0 aliphatic heterocycles. The van der Waals surface area contributed by atoms with Crippen LogP contribution in [0.4, 0.5) is 0 Å². The second kappa shape index (κ2) is 5.40. The number of aromatic nitrogens is 3. The highest BCUT2D eigenvalue weighted by molar-refractivity contribution is 5.80. The number of carbonyl (C=O) groups excluding carboxylic acids is 1. The van der Waals surface area contributed by atoms with E-state index in [1.54, 1.807) is 17.0 Å². The van der Waals surface area contributed by atoms with Crippen molar-refractivity contribution in [1.29, 1.82) is 0 Å². The van der Waals surface area contributed by atoms with Gasteiger partial charge in [-0.3, -0.25) is 4.79 Å². The fourth-order valence-electron chi connectivity index (χ4n) is 2.13. The van der Waals surface area contributed by atoms with Crippen LogP contribution in [0.5, 0.6) is 0 Å². The summed E-state index contributed by atoms with van der Waals surface area (Å²) < 4.78 is 6.78. The van der Waals surface area contributed by atoms with Crippen LogP contribution in [0.3, 0.4) is 0 Å². The molecule has 1 aromatic carbocycles. The lowest BCUT2D eigenvalue weighted by Crippen LogP contribution is -2.27. The fourth-order valence-corrected chi connectivity index (χ4v) is 2.13. The number of hydrogen-bond donors (Lipinski definition) is 1. The first-order valence-corrected chi connectivity index (χ1v) is 6.73. The van der Waals surface area contributed by atoms with Crippen LogP contribution in [0.1, 0.15) is 16.9 Å². The molecule has 1 amide bonds. The minimum atomic E-state index is -0.128. The molecule has 108 valence electrons. The molecule has 6 nitrogen and oxygen atoms in total. The fraction of sp³-hybridized carbons (Fsp3) is 0.267. The highest BCUT2D eigenvalue weighted by Gasteiger charge is 2.10. The summed E-state index contributed by atoms with van der Waals surface area (Å²) in [6.45, 7) is 4.57. The molecule has 0 bridgehead atoms. The Bertz CT molecular complexity index is 774. The Hall–Kier alpha value is -2.63. The van der Waals surface area contributed by atoms with Crippen LogP contribution in [0.15, 0.2) is 34.9 Å². The summed E-state index contributed by atoms with van der Waals surface area (Å²) >= 11 is 0. The monoisotopic (exact) mass is 284 g/mol. The number of carbonyl (C=O) groups is 1. The van der Waals surface area contributed by atoms with E-state index in [1.807, 2.05) is 32.0 Å². The van der Waals surface area contributed by atoms with Gasteiger partial charge in [-0.2, -0.15) is 0 Å². The first-order valence-electron chi connectivity index (χ1n) is 6.73. The van der Waals surface area contributed by atoms with Gasteiger partial charge in [0.15, 0.2) is 0 Å². The molecule has 0 saturated heterocycles. The second-order valence-corrected chi connectivity index (χ2v) is 5.03. The largest absolute Gasteiger partial charge is 0.467 e. The van der Waals surface area contributed by atoms with Gasteiger partial charge in [-0.1, -0.05) is 5.21 Å². The second-order valence-electron chi connectivity index (χ2n) is 5.03. The number of benzene rings is 1. The normalized spacial score (nSPS) is 11.0. The van der Waals surface area contributed by atoms with E-state index < -0.39 is 0 Å².